The van der Waals surface area contributed by atoms with Crippen molar-refractivity contribution in [1.29, 1.82) is 0 Å². The number of carbonyl (C=O) groups is 1. The number of halogens is 1. The van der Waals surface area contributed by atoms with E-state index in [1.165, 1.54) is 0 Å². The summed E-state index contributed by atoms with van der Waals surface area (Å²) in [5, 5.41) is 13.2. The Morgan fingerprint density at radius 3 is 2.84 bits per heavy atom. The Morgan fingerprint density at radius 2 is 2.24 bits per heavy atom. The van der Waals surface area contributed by atoms with Crippen LogP contribution in [0.5, 0.6) is 5.75 Å². The Kier molecular flexibility index (Phi) is 6.93. The monoisotopic (exact) mass is 369 g/mol. The van der Waals surface area contributed by atoms with E-state index in [0.717, 1.165) is 19.4 Å². The predicted octanol–water partition coefficient (Wildman–Crippen LogP) is 2.91. The largest absolute Gasteiger partial charge is 0.492 e. The number of carbonyl (C=O) groups excluding carboxylic acids is 1. The molecule has 1 atom stereocenters. The van der Waals surface area contributed by atoms with Gasteiger partial charge in [-0.25, -0.2) is 4.79 Å². The van der Waals surface area contributed by atoms with Crippen molar-refractivity contribution in [3.63, 3.8) is 0 Å². The van der Waals surface area contributed by atoms with Gasteiger partial charge in [-0.3, -0.25) is 0 Å². The van der Waals surface area contributed by atoms with E-state index in [2.05, 4.69) is 10.2 Å². The Labute approximate surface area is 154 Å². The first-order valence-corrected chi connectivity index (χ1v) is 9.01. The second-order valence-electron chi connectivity index (χ2n) is 6.93. The lowest BCUT2D eigenvalue weighted by Crippen LogP contribution is -2.52. The number of likely N-dealkylation sites (tertiary alicyclic amines) is 1. The number of anilines is 1. The van der Waals surface area contributed by atoms with Crippen molar-refractivity contribution in [3.8, 4) is 5.75 Å². The summed E-state index contributed by atoms with van der Waals surface area (Å²) in [5.74, 6) is 0.602. The minimum Gasteiger partial charge on any atom is -0.492 e. The van der Waals surface area contributed by atoms with Crippen LogP contribution in [0.15, 0.2) is 18.2 Å². The number of ether oxygens (including phenoxy) is 1. The first kappa shape index (κ1) is 19.8. The first-order valence-electron chi connectivity index (χ1n) is 8.63. The number of nitrogens with zero attached hydrogens (tertiary/aromatic N) is 2. The maximum Gasteiger partial charge on any atom is 0.321 e. The van der Waals surface area contributed by atoms with Gasteiger partial charge in [0.25, 0.3) is 0 Å². The minimum absolute atomic E-state index is 0.0733. The molecule has 1 aliphatic heterocycles. The lowest BCUT2D eigenvalue weighted by Gasteiger charge is -2.43. The van der Waals surface area contributed by atoms with Gasteiger partial charge in [-0.05, 0) is 52.1 Å². The summed E-state index contributed by atoms with van der Waals surface area (Å²) in [4.78, 5) is 16.5. The molecule has 0 spiro atoms. The molecule has 1 aliphatic rings. The molecule has 2 amide bonds. The molecule has 1 aromatic carbocycles. The van der Waals surface area contributed by atoms with E-state index in [9.17, 15) is 9.90 Å². The third-order valence-electron chi connectivity index (χ3n) is 4.42. The fourth-order valence-electron chi connectivity index (χ4n) is 3.41. The summed E-state index contributed by atoms with van der Waals surface area (Å²) in [7, 11) is 3.97. The highest BCUT2D eigenvalue weighted by Crippen LogP contribution is 2.31. The van der Waals surface area contributed by atoms with Gasteiger partial charge in [0.2, 0.25) is 0 Å². The zero-order valence-electron chi connectivity index (χ0n) is 15.2. The second-order valence-corrected chi connectivity index (χ2v) is 7.34. The molecule has 0 bridgehead atoms. The number of hydrogen-bond acceptors (Lipinski definition) is 4. The van der Waals surface area contributed by atoms with Crippen molar-refractivity contribution in [2.45, 2.75) is 19.8 Å². The van der Waals surface area contributed by atoms with Crippen LogP contribution in [0.3, 0.4) is 0 Å². The standard InChI is InChI=1S/C18H28ClN3O3/c1-4-25-16-7-6-14(10-15(16)19)20-17(24)22-9-5-8-18(12-22,13-23)11-21(2)3/h6-7,10,23H,4-5,8-9,11-13H2,1-3H3,(H,20,24). The van der Waals surface area contributed by atoms with Gasteiger partial charge in [0.1, 0.15) is 5.75 Å². The van der Waals surface area contributed by atoms with E-state index in [4.69, 9.17) is 16.3 Å². The quantitative estimate of drug-likeness (QED) is 0.809. The van der Waals surface area contributed by atoms with E-state index in [1.807, 2.05) is 21.0 Å². The normalized spacial score (nSPS) is 20.6. The van der Waals surface area contributed by atoms with Gasteiger partial charge in [-0.1, -0.05) is 11.6 Å². The van der Waals surface area contributed by atoms with E-state index < -0.39 is 0 Å². The fourth-order valence-corrected chi connectivity index (χ4v) is 3.65. The smallest absolute Gasteiger partial charge is 0.321 e. The predicted molar refractivity (Wildman–Crippen MR) is 101 cm³/mol. The highest BCUT2D eigenvalue weighted by atomic mass is 35.5. The third kappa shape index (κ3) is 5.23. The summed E-state index contributed by atoms with van der Waals surface area (Å²) in [5.41, 5.74) is 0.362. The molecule has 0 aliphatic carbocycles. The van der Waals surface area contributed by atoms with E-state index in [-0.39, 0.29) is 18.1 Å². The third-order valence-corrected chi connectivity index (χ3v) is 4.71. The average Bonchev–Trinajstić information content (AvgIpc) is 2.57. The van der Waals surface area contributed by atoms with Crippen molar-refractivity contribution in [2.24, 2.45) is 5.41 Å². The van der Waals surface area contributed by atoms with Gasteiger partial charge in [0, 0.05) is 30.7 Å². The van der Waals surface area contributed by atoms with Crippen molar-refractivity contribution in [3.05, 3.63) is 23.2 Å². The molecular formula is C18H28ClN3O3. The minimum atomic E-state index is -0.268. The highest BCUT2D eigenvalue weighted by molar-refractivity contribution is 6.32. The molecule has 0 aromatic heterocycles. The van der Waals surface area contributed by atoms with Crippen molar-refractivity contribution >= 4 is 23.3 Å². The van der Waals surface area contributed by atoms with Gasteiger partial charge in [-0.15, -0.1) is 0 Å². The summed E-state index contributed by atoms with van der Waals surface area (Å²) in [6.07, 6.45) is 1.80. The molecule has 6 nitrogen and oxygen atoms in total. The summed E-state index contributed by atoms with van der Waals surface area (Å²) in [6.45, 7) is 4.48. The number of amides is 2. The number of urea groups is 1. The molecule has 0 radical (unpaired) electrons. The van der Waals surface area contributed by atoms with Crippen LogP contribution < -0.4 is 10.1 Å². The molecule has 7 heteroatoms. The number of benzene rings is 1. The van der Waals surface area contributed by atoms with Crippen molar-refractivity contribution in [2.75, 3.05) is 52.3 Å². The Balaban J connectivity index is 2.03. The molecule has 1 unspecified atom stereocenters. The van der Waals surface area contributed by atoms with Gasteiger partial charge < -0.3 is 25.0 Å². The van der Waals surface area contributed by atoms with Gasteiger partial charge in [-0.2, -0.15) is 0 Å². The van der Waals surface area contributed by atoms with Crippen molar-refractivity contribution in [1.82, 2.24) is 9.80 Å². The maximum absolute atomic E-state index is 12.6. The summed E-state index contributed by atoms with van der Waals surface area (Å²) < 4.78 is 5.40. The van der Waals surface area contributed by atoms with Crippen LogP contribution in [0.2, 0.25) is 5.02 Å². The first-order chi connectivity index (χ1) is 11.9. The maximum atomic E-state index is 12.6. The SMILES string of the molecule is CCOc1ccc(NC(=O)N2CCCC(CO)(CN(C)C)C2)cc1Cl. The molecule has 140 valence electrons. The molecular weight excluding hydrogens is 342 g/mol. The highest BCUT2D eigenvalue weighted by Gasteiger charge is 2.37. The zero-order chi connectivity index (χ0) is 18.4. The topological polar surface area (TPSA) is 65.0 Å². The van der Waals surface area contributed by atoms with Crippen molar-refractivity contribution < 1.29 is 14.6 Å². The number of nitrogens with one attached hydrogen (secondary N) is 1. The van der Waals surface area contributed by atoms with Crippen LogP contribution in [0, 0.1) is 5.41 Å². The molecule has 2 rings (SSSR count). The lowest BCUT2D eigenvalue weighted by atomic mass is 9.80. The van der Waals surface area contributed by atoms with E-state index >= 15 is 0 Å². The lowest BCUT2D eigenvalue weighted by molar-refractivity contribution is 0.0294. The van der Waals surface area contributed by atoms with Gasteiger partial charge in [0.05, 0.1) is 18.2 Å². The number of aliphatic hydroxyl groups excluding tert-OH is 1. The van der Waals surface area contributed by atoms with Crippen LogP contribution in [0.25, 0.3) is 0 Å². The Morgan fingerprint density at radius 1 is 1.48 bits per heavy atom. The summed E-state index contributed by atoms with van der Waals surface area (Å²) in [6, 6.07) is 5.05. The molecule has 25 heavy (non-hydrogen) atoms. The zero-order valence-corrected chi connectivity index (χ0v) is 16.0. The molecule has 2 N–H and O–H groups in total. The molecule has 1 saturated heterocycles. The molecule has 1 heterocycles. The van der Waals surface area contributed by atoms with Crippen LogP contribution >= 0.6 is 11.6 Å². The van der Waals surface area contributed by atoms with Gasteiger partial charge in [0.15, 0.2) is 0 Å². The number of aliphatic hydroxyl groups is 1. The van der Waals surface area contributed by atoms with Gasteiger partial charge >= 0.3 is 6.03 Å². The Hall–Kier alpha value is -1.50. The number of rotatable bonds is 6. The second kappa shape index (κ2) is 8.74. The van der Waals surface area contributed by atoms with Crippen LogP contribution in [-0.4, -0.2) is 67.9 Å². The average molecular weight is 370 g/mol. The van der Waals surface area contributed by atoms with E-state index in [1.54, 1.807) is 23.1 Å². The molecule has 0 saturated carbocycles. The molecule has 1 fully saturated rings. The number of hydrogen-bond donors (Lipinski definition) is 2. The Bertz CT molecular complexity index is 597. The van der Waals surface area contributed by atoms with Crippen LogP contribution in [0.1, 0.15) is 19.8 Å². The fraction of sp³-hybridized carbons (Fsp3) is 0.611. The number of piperidine rings is 1. The van der Waals surface area contributed by atoms with E-state index in [0.29, 0.717) is 36.2 Å². The van der Waals surface area contributed by atoms with Crippen LogP contribution in [0.4, 0.5) is 10.5 Å². The molecule has 1 aromatic rings. The van der Waals surface area contributed by atoms with Crippen LogP contribution in [-0.2, 0) is 0 Å². The summed E-state index contributed by atoms with van der Waals surface area (Å²) >= 11 is 6.17.